The van der Waals surface area contributed by atoms with Crippen molar-refractivity contribution < 1.29 is 9.59 Å². The van der Waals surface area contributed by atoms with E-state index in [9.17, 15) is 9.59 Å². The Balaban J connectivity index is 1.54. The van der Waals surface area contributed by atoms with Gasteiger partial charge in [-0.15, -0.1) is 10.2 Å². The normalized spacial score (nSPS) is 15.9. The molecule has 1 aliphatic rings. The zero-order valence-electron chi connectivity index (χ0n) is 17.1. The van der Waals surface area contributed by atoms with Crippen LogP contribution in [0.2, 0.25) is 0 Å². The van der Waals surface area contributed by atoms with E-state index in [0.717, 1.165) is 9.47 Å². The molecule has 0 aliphatic heterocycles. The summed E-state index contributed by atoms with van der Waals surface area (Å²) >= 11 is 2.94. The summed E-state index contributed by atoms with van der Waals surface area (Å²) in [5, 5.41) is 15.3. The van der Waals surface area contributed by atoms with E-state index in [1.165, 1.54) is 55.2 Å². The third-order valence-electron chi connectivity index (χ3n) is 4.95. The second-order valence-electron chi connectivity index (χ2n) is 7.70. The summed E-state index contributed by atoms with van der Waals surface area (Å²) in [6.45, 7) is 5.57. The van der Waals surface area contributed by atoms with Crippen molar-refractivity contribution in [2.24, 2.45) is 5.92 Å². The number of hydrogen-bond donors (Lipinski definition) is 2. The zero-order valence-corrected chi connectivity index (χ0v) is 18.7. The average molecular weight is 433 g/mol. The summed E-state index contributed by atoms with van der Waals surface area (Å²) in [5.74, 6) is -0.0900. The van der Waals surface area contributed by atoms with E-state index in [1.807, 2.05) is 20.8 Å². The maximum Gasteiger partial charge on any atom is 0.226 e. The van der Waals surface area contributed by atoms with Gasteiger partial charge in [0.25, 0.3) is 0 Å². The largest absolute Gasteiger partial charge is 0.357 e. The van der Waals surface area contributed by atoms with Crippen molar-refractivity contribution in [1.82, 2.24) is 10.2 Å². The maximum absolute atomic E-state index is 12.7. The number of ketones is 1. The van der Waals surface area contributed by atoms with Crippen molar-refractivity contribution >= 4 is 45.6 Å². The second kappa shape index (κ2) is 10.2. The standard InChI is InChI=1S/C21H28N4O2S2/c1-13(2)19(27)22-17-11-9-15(10-12-17)18(26)14(3)28-21-25-24-20(29-21)23-16-7-5-4-6-8-16/h9-14,16H,4-8H2,1-3H3,(H,22,27)(H,23,24). The number of nitrogens with one attached hydrogen (secondary N) is 2. The molecule has 1 aliphatic carbocycles. The molecule has 1 saturated carbocycles. The predicted octanol–water partition coefficient (Wildman–Crippen LogP) is 5.24. The van der Waals surface area contributed by atoms with Crippen LogP contribution < -0.4 is 10.6 Å². The molecule has 0 radical (unpaired) electrons. The van der Waals surface area contributed by atoms with Crippen LogP contribution in [0.15, 0.2) is 28.6 Å². The highest BCUT2D eigenvalue weighted by atomic mass is 32.2. The van der Waals surface area contributed by atoms with Crippen LogP contribution in [0.4, 0.5) is 10.8 Å². The molecule has 2 aromatic rings. The minimum absolute atomic E-state index is 0.0359. The molecule has 1 atom stereocenters. The van der Waals surface area contributed by atoms with Crippen LogP contribution in [0.25, 0.3) is 0 Å². The zero-order chi connectivity index (χ0) is 20.8. The number of carbonyl (C=O) groups excluding carboxylic acids is 2. The summed E-state index contributed by atoms with van der Waals surface area (Å²) < 4.78 is 0.796. The first-order chi connectivity index (χ1) is 13.9. The summed E-state index contributed by atoms with van der Waals surface area (Å²) in [5.41, 5.74) is 1.32. The van der Waals surface area contributed by atoms with Gasteiger partial charge in [0, 0.05) is 23.2 Å². The van der Waals surface area contributed by atoms with Gasteiger partial charge in [-0.2, -0.15) is 0 Å². The summed E-state index contributed by atoms with van der Waals surface area (Å²) in [4.78, 5) is 24.5. The monoisotopic (exact) mass is 432 g/mol. The fourth-order valence-corrected chi connectivity index (χ4v) is 5.23. The van der Waals surface area contributed by atoms with Gasteiger partial charge in [-0.3, -0.25) is 9.59 Å². The molecule has 8 heteroatoms. The van der Waals surface area contributed by atoms with Crippen LogP contribution in [-0.4, -0.2) is 33.2 Å². The molecule has 0 bridgehead atoms. The smallest absolute Gasteiger partial charge is 0.226 e. The molecular formula is C21H28N4O2S2. The molecule has 2 N–H and O–H groups in total. The number of anilines is 2. The minimum Gasteiger partial charge on any atom is -0.357 e. The lowest BCUT2D eigenvalue weighted by molar-refractivity contribution is -0.118. The molecule has 1 aromatic carbocycles. The molecule has 0 spiro atoms. The Morgan fingerprint density at radius 1 is 1.07 bits per heavy atom. The van der Waals surface area contributed by atoms with Crippen molar-refractivity contribution in [2.75, 3.05) is 10.6 Å². The van der Waals surface area contributed by atoms with Crippen LogP contribution in [0, 0.1) is 5.92 Å². The Bertz CT molecular complexity index is 829. The van der Waals surface area contributed by atoms with Gasteiger partial charge < -0.3 is 10.6 Å². The van der Waals surface area contributed by atoms with Gasteiger partial charge in [-0.05, 0) is 44.0 Å². The molecule has 3 rings (SSSR count). The van der Waals surface area contributed by atoms with E-state index in [1.54, 1.807) is 24.3 Å². The number of rotatable bonds is 8. The average Bonchev–Trinajstić information content (AvgIpc) is 3.15. The molecule has 1 aromatic heterocycles. The molecule has 156 valence electrons. The first-order valence-corrected chi connectivity index (χ1v) is 11.8. The minimum atomic E-state index is -0.262. The number of nitrogens with zero attached hydrogens (tertiary/aromatic N) is 2. The first-order valence-electron chi connectivity index (χ1n) is 10.1. The van der Waals surface area contributed by atoms with Gasteiger partial charge in [0.1, 0.15) is 0 Å². The third-order valence-corrected chi connectivity index (χ3v) is 6.99. The molecule has 1 fully saturated rings. The molecule has 1 heterocycles. The fraction of sp³-hybridized carbons (Fsp3) is 0.524. The highest BCUT2D eigenvalue weighted by Gasteiger charge is 2.20. The second-order valence-corrected chi connectivity index (χ2v) is 10.3. The molecular weight excluding hydrogens is 404 g/mol. The molecule has 0 saturated heterocycles. The summed E-state index contributed by atoms with van der Waals surface area (Å²) in [7, 11) is 0. The fourth-order valence-electron chi connectivity index (χ4n) is 3.18. The number of aromatic nitrogens is 2. The van der Waals surface area contributed by atoms with Crippen LogP contribution >= 0.6 is 23.1 Å². The Labute approximate surface area is 180 Å². The number of carbonyl (C=O) groups is 2. The number of benzene rings is 1. The molecule has 6 nitrogen and oxygen atoms in total. The van der Waals surface area contributed by atoms with Crippen molar-refractivity contribution in [3.63, 3.8) is 0 Å². The lowest BCUT2D eigenvalue weighted by Gasteiger charge is -2.21. The summed E-state index contributed by atoms with van der Waals surface area (Å²) in [6, 6.07) is 7.53. The topological polar surface area (TPSA) is 84.0 Å². The van der Waals surface area contributed by atoms with Gasteiger partial charge in [-0.1, -0.05) is 56.2 Å². The molecule has 1 amide bonds. The molecule has 1 unspecified atom stereocenters. The maximum atomic E-state index is 12.7. The van der Waals surface area contributed by atoms with Gasteiger partial charge in [-0.25, -0.2) is 0 Å². The predicted molar refractivity (Wildman–Crippen MR) is 120 cm³/mol. The van der Waals surface area contributed by atoms with Crippen LogP contribution in [0.1, 0.15) is 63.2 Å². The number of Topliss-reactive ketones (excluding diaryl/α,β-unsaturated/α-hetero) is 1. The van der Waals surface area contributed by atoms with Gasteiger partial charge >= 0.3 is 0 Å². The Kier molecular flexibility index (Phi) is 7.66. The quantitative estimate of drug-likeness (QED) is 0.438. The third kappa shape index (κ3) is 6.27. The van der Waals surface area contributed by atoms with E-state index in [0.29, 0.717) is 17.3 Å². The van der Waals surface area contributed by atoms with E-state index in [-0.39, 0.29) is 22.9 Å². The summed E-state index contributed by atoms with van der Waals surface area (Å²) in [6.07, 6.45) is 6.22. The van der Waals surface area contributed by atoms with Crippen molar-refractivity contribution in [2.45, 2.75) is 68.5 Å². The van der Waals surface area contributed by atoms with Crippen molar-refractivity contribution in [1.29, 1.82) is 0 Å². The van der Waals surface area contributed by atoms with Crippen LogP contribution in [0.5, 0.6) is 0 Å². The Hall–Kier alpha value is -1.93. The van der Waals surface area contributed by atoms with Crippen LogP contribution in [-0.2, 0) is 4.79 Å². The highest BCUT2D eigenvalue weighted by Crippen LogP contribution is 2.32. The Morgan fingerprint density at radius 2 is 1.76 bits per heavy atom. The number of hydrogen-bond acceptors (Lipinski definition) is 7. The van der Waals surface area contributed by atoms with Crippen molar-refractivity contribution in [3.05, 3.63) is 29.8 Å². The Morgan fingerprint density at radius 3 is 2.41 bits per heavy atom. The lowest BCUT2D eigenvalue weighted by Crippen LogP contribution is -2.21. The number of amides is 1. The van der Waals surface area contributed by atoms with Crippen LogP contribution in [0.3, 0.4) is 0 Å². The van der Waals surface area contributed by atoms with E-state index < -0.39 is 0 Å². The van der Waals surface area contributed by atoms with E-state index in [2.05, 4.69) is 20.8 Å². The first kappa shape index (κ1) is 21.8. The lowest BCUT2D eigenvalue weighted by atomic mass is 9.96. The SMILES string of the molecule is CC(C)C(=O)Nc1ccc(C(=O)C(C)Sc2nnc(NC3CCCCC3)s2)cc1. The van der Waals surface area contributed by atoms with Crippen molar-refractivity contribution in [3.8, 4) is 0 Å². The van der Waals surface area contributed by atoms with Gasteiger partial charge in [0.15, 0.2) is 10.1 Å². The molecule has 29 heavy (non-hydrogen) atoms. The van der Waals surface area contributed by atoms with E-state index >= 15 is 0 Å². The van der Waals surface area contributed by atoms with E-state index in [4.69, 9.17) is 0 Å². The number of thioether (sulfide) groups is 1. The van der Waals surface area contributed by atoms with Gasteiger partial charge in [0.05, 0.1) is 5.25 Å². The van der Waals surface area contributed by atoms with Gasteiger partial charge in [0.2, 0.25) is 11.0 Å². The highest BCUT2D eigenvalue weighted by molar-refractivity contribution is 8.02.